The molecule has 0 radical (unpaired) electrons. The van der Waals surface area contributed by atoms with Gasteiger partial charge in [-0.1, -0.05) is 39.7 Å². The fourth-order valence-electron chi connectivity index (χ4n) is 2.50. The van der Waals surface area contributed by atoms with E-state index in [1.807, 2.05) is 12.1 Å². The molecule has 114 valence electrons. The van der Waals surface area contributed by atoms with Crippen molar-refractivity contribution >= 4 is 58.0 Å². The first kappa shape index (κ1) is 18.6. The Morgan fingerprint density at radius 1 is 1.14 bits per heavy atom. The number of fused-ring (bicyclic) bond motifs is 1. The van der Waals surface area contributed by atoms with E-state index in [1.54, 1.807) is 0 Å². The minimum absolute atomic E-state index is 0. The lowest BCUT2D eigenvalue weighted by atomic mass is 10.1. The number of nitrogens with two attached hydrogens (primary N) is 1. The van der Waals surface area contributed by atoms with Gasteiger partial charge in [0, 0.05) is 34.3 Å². The molecule has 6 heteroatoms. The van der Waals surface area contributed by atoms with E-state index in [0.29, 0.717) is 0 Å². The van der Waals surface area contributed by atoms with Crippen molar-refractivity contribution in [3.63, 3.8) is 0 Å². The van der Waals surface area contributed by atoms with Gasteiger partial charge in [-0.2, -0.15) is 0 Å². The lowest BCUT2D eigenvalue weighted by molar-refractivity contribution is 0.720. The summed E-state index contributed by atoms with van der Waals surface area (Å²) in [5, 5.41) is 0.770. The van der Waals surface area contributed by atoms with Crippen molar-refractivity contribution in [1.82, 2.24) is 0 Å². The molecular formula is C15H16BrCl3N2. The zero-order valence-electron chi connectivity index (χ0n) is 11.1. The lowest BCUT2D eigenvalue weighted by Gasteiger charge is -2.19. The Balaban J connectivity index is 0.00000110. The van der Waals surface area contributed by atoms with E-state index in [9.17, 15) is 0 Å². The maximum absolute atomic E-state index is 6.20. The van der Waals surface area contributed by atoms with Gasteiger partial charge >= 0.3 is 0 Å². The van der Waals surface area contributed by atoms with Gasteiger partial charge in [0.1, 0.15) is 0 Å². The molecule has 0 bridgehead atoms. The van der Waals surface area contributed by atoms with Crippen LogP contribution in [0.15, 0.2) is 46.9 Å². The van der Waals surface area contributed by atoms with Crippen LogP contribution in [-0.4, -0.2) is 6.54 Å². The Hall–Kier alpha value is -0.450. The molecule has 3 rings (SSSR count). The van der Waals surface area contributed by atoms with Gasteiger partial charge < -0.3 is 10.6 Å². The van der Waals surface area contributed by atoms with Crippen LogP contribution in [0.25, 0.3) is 0 Å². The van der Waals surface area contributed by atoms with Crippen LogP contribution >= 0.6 is 52.3 Å². The molecule has 0 aliphatic carbocycles. The predicted molar refractivity (Wildman–Crippen MR) is 98.1 cm³/mol. The van der Waals surface area contributed by atoms with Crippen LogP contribution in [0.4, 0.5) is 5.69 Å². The van der Waals surface area contributed by atoms with E-state index in [2.05, 4.69) is 51.2 Å². The van der Waals surface area contributed by atoms with Crippen LogP contribution in [0.1, 0.15) is 17.2 Å². The van der Waals surface area contributed by atoms with Gasteiger partial charge in [-0.05, 0) is 41.5 Å². The first-order valence-electron chi connectivity index (χ1n) is 6.18. The van der Waals surface area contributed by atoms with E-state index in [1.165, 1.54) is 16.8 Å². The summed E-state index contributed by atoms with van der Waals surface area (Å²) in [7, 11) is 0. The SMILES string of the molecule is Cl.Cl.NC1CN(Cc2ccc(Cl)cc2)c2ccc(Br)cc21. The molecule has 1 heterocycles. The van der Waals surface area contributed by atoms with Gasteiger partial charge in [0.25, 0.3) is 0 Å². The van der Waals surface area contributed by atoms with E-state index in [-0.39, 0.29) is 30.9 Å². The topological polar surface area (TPSA) is 29.3 Å². The Morgan fingerprint density at radius 3 is 2.48 bits per heavy atom. The normalized spacial score (nSPS) is 16.0. The van der Waals surface area contributed by atoms with Gasteiger partial charge in [-0.25, -0.2) is 0 Å². The summed E-state index contributed by atoms with van der Waals surface area (Å²) in [6, 6.07) is 14.4. The van der Waals surface area contributed by atoms with Gasteiger partial charge in [0.2, 0.25) is 0 Å². The van der Waals surface area contributed by atoms with Crippen molar-refractivity contribution < 1.29 is 0 Å². The van der Waals surface area contributed by atoms with Gasteiger partial charge in [-0.3, -0.25) is 0 Å². The number of hydrogen-bond acceptors (Lipinski definition) is 2. The zero-order valence-corrected chi connectivity index (χ0v) is 15.1. The Morgan fingerprint density at radius 2 is 1.81 bits per heavy atom. The highest BCUT2D eigenvalue weighted by Crippen LogP contribution is 2.36. The third-order valence-corrected chi connectivity index (χ3v) is 4.18. The Labute approximate surface area is 150 Å². The van der Waals surface area contributed by atoms with Crippen molar-refractivity contribution in [2.45, 2.75) is 12.6 Å². The second-order valence-corrected chi connectivity index (χ2v) is 6.17. The molecule has 1 unspecified atom stereocenters. The first-order chi connectivity index (χ1) is 9.13. The molecule has 0 fully saturated rings. The Bertz CT molecular complexity index is 604. The van der Waals surface area contributed by atoms with Crippen LogP contribution in [0.2, 0.25) is 5.02 Å². The summed E-state index contributed by atoms with van der Waals surface area (Å²) in [4.78, 5) is 2.32. The predicted octanol–water partition coefficient (Wildman–Crippen LogP) is 4.97. The van der Waals surface area contributed by atoms with E-state index >= 15 is 0 Å². The standard InChI is InChI=1S/C15H14BrClN2.2ClH/c16-11-3-6-15-13(7-11)14(18)9-19(15)8-10-1-4-12(17)5-2-10;;/h1-7,14H,8-9,18H2;2*1H. The highest BCUT2D eigenvalue weighted by molar-refractivity contribution is 9.10. The van der Waals surface area contributed by atoms with Crippen LogP contribution < -0.4 is 10.6 Å². The van der Waals surface area contributed by atoms with E-state index < -0.39 is 0 Å². The smallest absolute Gasteiger partial charge is 0.0494 e. The molecule has 1 aliphatic heterocycles. The molecule has 21 heavy (non-hydrogen) atoms. The minimum atomic E-state index is 0. The molecule has 1 aliphatic rings. The molecule has 2 nitrogen and oxygen atoms in total. The molecule has 2 N–H and O–H groups in total. The van der Waals surface area contributed by atoms with Crippen molar-refractivity contribution in [3.05, 3.63) is 63.1 Å². The van der Waals surface area contributed by atoms with Gasteiger partial charge in [0.05, 0.1) is 0 Å². The molecular weight excluding hydrogens is 394 g/mol. The quantitative estimate of drug-likeness (QED) is 0.758. The third kappa shape index (κ3) is 4.05. The maximum atomic E-state index is 6.20. The van der Waals surface area contributed by atoms with Crippen LogP contribution in [0.5, 0.6) is 0 Å². The summed E-state index contributed by atoms with van der Waals surface area (Å²) in [5.41, 5.74) is 9.88. The third-order valence-electron chi connectivity index (χ3n) is 3.43. The summed E-state index contributed by atoms with van der Waals surface area (Å²) >= 11 is 9.41. The minimum Gasteiger partial charge on any atom is -0.365 e. The molecule has 0 saturated heterocycles. The highest BCUT2D eigenvalue weighted by atomic mass is 79.9. The largest absolute Gasteiger partial charge is 0.365 e. The number of benzene rings is 2. The summed E-state index contributed by atoms with van der Waals surface area (Å²) in [6.45, 7) is 1.72. The van der Waals surface area contributed by atoms with E-state index in [4.69, 9.17) is 17.3 Å². The van der Waals surface area contributed by atoms with Crippen molar-refractivity contribution in [1.29, 1.82) is 0 Å². The van der Waals surface area contributed by atoms with E-state index in [0.717, 1.165) is 22.6 Å². The van der Waals surface area contributed by atoms with Gasteiger partial charge in [0.15, 0.2) is 0 Å². The number of hydrogen-bond donors (Lipinski definition) is 1. The number of halogens is 4. The van der Waals surface area contributed by atoms with Crippen LogP contribution in [0.3, 0.4) is 0 Å². The average Bonchev–Trinajstić information content (AvgIpc) is 2.69. The molecule has 0 spiro atoms. The fourth-order valence-corrected chi connectivity index (χ4v) is 3.01. The maximum Gasteiger partial charge on any atom is 0.0494 e. The number of nitrogens with zero attached hydrogens (tertiary/aromatic N) is 1. The molecule has 0 aromatic heterocycles. The monoisotopic (exact) mass is 408 g/mol. The number of rotatable bonds is 2. The van der Waals surface area contributed by atoms with Crippen molar-refractivity contribution in [2.24, 2.45) is 5.73 Å². The summed E-state index contributed by atoms with van der Waals surface area (Å²) in [5.74, 6) is 0. The zero-order chi connectivity index (χ0) is 13.4. The van der Waals surface area contributed by atoms with Crippen molar-refractivity contribution in [3.8, 4) is 0 Å². The molecule has 1 atom stereocenters. The number of anilines is 1. The lowest BCUT2D eigenvalue weighted by Crippen LogP contribution is -2.23. The molecule has 2 aromatic rings. The molecule has 0 amide bonds. The summed E-state index contributed by atoms with van der Waals surface area (Å²) < 4.78 is 1.08. The Kier molecular flexibility index (Phi) is 6.82. The van der Waals surface area contributed by atoms with Crippen molar-refractivity contribution in [2.75, 3.05) is 11.4 Å². The van der Waals surface area contributed by atoms with Gasteiger partial charge in [-0.15, -0.1) is 24.8 Å². The second kappa shape index (κ2) is 7.70. The average molecular weight is 411 g/mol. The highest BCUT2D eigenvalue weighted by Gasteiger charge is 2.25. The molecule has 0 saturated carbocycles. The fraction of sp³-hybridized carbons (Fsp3) is 0.200. The first-order valence-corrected chi connectivity index (χ1v) is 7.35. The van der Waals surface area contributed by atoms with Crippen LogP contribution in [0, 0.1) is 0 Å². The summed E-state index contributed by atoms with van der Waals surface area (Å²) in [6.07, 6.45) is 0. The van der Waals surface area contributed by atoms with Crippen LogP contribution in [-0.2, 0) is 6.54 Å². The molecule has 2 aromatic carbocycles. The second-order valence-electron chi connectivity index (χ2n) is 4.82.